The zero-order chi connectivity index (χ0) is 25.3. The first-order valence-electron chi connectivity index (χ1n) is 15.9. The molecule has 0 saturated heterocycles. The molecular weight excluding hydrogens is 408 g/mol. The molecular formula is C34H64. The lowest BCUT2D eigenvalue weighted by Gasteiger charge is -2.33. The fourth-order valence-corrected chi connectivity index (χ4v) is 7.79. The molecule has 6 atom stereocenters. The van der Waals surface area contributed by atoms with E-state index in [0.29, 0.717) is 0 Å². The molecule has 0 aromatic heterocycles. The molecule has 0 aliphatic heterocycles. The van der Waals surface area contributed by atoms with E-state index in [-0.39, 0.29) is 1.43 Å². The van der Waals surface area contributed by atoms with E-state index in [0.717, 1.165) is 29.6 Å². The van der Waals surface area contributed by atoms with E-state index in [4.69, 9.17) is 0 Å². The number of benzene rings is 1. The highest BCUT2D eigenvalue weighted by Gasteiger charge is 2.43. The van der Waals surface area contributed by atoms with Gasteiger partial charge in [-0.2, -0.15) is 0 Å². The Labute approximate surface area is 217 Å². The fourth-order valence-electron chi connectivity index (χ4n) is 7.79. The van der Waals surface area contributed by atoms with Crippen LogP contribution < -0.4 is 0 Å². The lowest BCUT2D eigenvalue weighted by Crippen LogP contribution is -2.22. The van der Waals surface area contributed by atoms with Crippen molar-refractivity contribution in [1.82, 2.24) is 0 Å². The van der Waals surface area contributed by atoms with Gasteiger partial charge in [0, 0.05) is 1.43 Å². The van der Waals surface area contributed by atoms with Crippen LogP contribution in [-0.2, 0) is 0 Å². The first-order chi connectivity index (χ1) is 16.9. The van der Waals surface area contributed by atoms with Crippen molar-refractivity contribution in [3.05, 3.63) is 35.9 Å². The lowest BCUT2D eigenvalue weighted by molar-refractivity contribution is 0.179. The quantitative estimate of drug-likeness (QED) is 0.401. The summed E-state index contributed by atoms with van der Waals surface area (Å²) in [6, 6.07) is 11.1. The smallest absolute Gasteiger partial charge is 0 e. The molecule has 200 valence electrons. The molecule has 5 aliphatic rings. The predicted octanol–water partition coefficient (Wildman–Crippen LogP) is 11.9. The minimum absolute atomic E-state index is 0. The first-order valence-corrected chi connectivity index (χ1v) is 15.9. The van der Waals surface area contributed by atoms with Crippen molar-refractivity contribution in [3.63, 3.8) is 0 Å². The highest BCUT2D eigenvalue weighted by molar-refractivity contribution is 5.22. The van der Waals surface area contributed by atoms with Crippen LogP contribution in [0.1, 0.15) is 152 Å². The van der Waals surface area contributed by atoms with Gasteiger partial charge in [-0.25, -0.2) is 0 Å². The van der Waals surface area contributed by atoms with Crippen molar-refractivity contribution >= 4 is 0 Å². The minimum Gasteiger partial charge on any atom is -0.0683 e. The molecule has 6 unspecified atom stereocenters. The summed E-state index contributed by atoms with van der Waals surface area (Å²) in [4.78, 5) is 0. The largest absolute Gasteiger partial charge is 0.0683 e. The zero-order valence-corrected chi connectivity index (χ0v) is 24.6. The van der Waals surface area contributed by atoms with Gasteiger partial charge >= 0.3 is 0 Å². The summed E-state index contributed by atoms with van der Waals surface area (Å²) in [6.45, 7) is 16.0. The number of fused-ring (bicyclic) bond motifs is 4. The summed E-state index contributed by atoms with van der Waals surface area (Å²) in [5.41, 5.74) is 1.59. The monoisotopic (exact) mass is 473 g/mol. The average molecular weight is 473 g/mol. The van der Waals surface area contributed by atoms with Gasteiger partial charge in [-0.1, -0.05) is 131 Å². The van der Waals surface area contributed by atoms with E-state index >= 15 is 0 Å². The molecule has 0 heterocycles. The van der Waals surface area contributed by atoms with E-state index in [1.54, 1.807) is 56.9 Å². The normalized spacial score (nSPS) is 32.2. The molecule has 0 radical (unpaired) electrons. The Morgan fingerprint density at radius 1 is 0.500 bits per heavy atom. The second-order valence-electron chi connectivity index (χ2n) is 10.4. The third-order valence-corrected chi connectivity index (χ3v) is 9.01. The summed E-state index contributed by atoms with van der Waals surface area (Å²) >= 11 is 0. The van der Waals surface area contributed by atoms with E-state index in [9.17, 15) is 0 Å². The Morgan fingerprint density at radius 2 is 1.03 bits per heavy atom. The Hall–Kier alpha value is -0.780. The van der Waals surface area contributed by atoms with Gasteiger partial charge in [0.05, 0.1) is 0 Å². The number of hydrogen-bond acceptors (Lipinski definition) is 0. The lowest BCUT2D eigenvalue weighted by atomic mass is 9.73. The number of rotatable bonds is 2. The van der Waals surface area contributed by atoms with Crippen molar-refractivity contribution in [1.29, 1.82) is 0 Å². The molecule has 5 saturated carbocycles. The van der Waals surface area contributed by atoms with Crippen LogP contribution in [0.2, 0.25) is 0 Å². The minimum atomic E-state index is 0. The van der Waals surface area contributed by atoms with E-state index < -0.39 is 0 Å². The second-order valence-corrected chi connectivity index (χ2v) is 10.4. The standard InChI is InChI=1S/C13H22.C13H16.4C2H6.H2/c2*1-2-4-11(5-3-1)13-9-10-6-7-12(13)8-10;4*1-2;/h10-13H,1-9H2;1-5,10,12-13H,6-9H2;4*1-2H3;1H. The van der Waals surface area contributed by atoms with Gasteiger partial charge in [0.2, 0.25) is 0 Å². The molecule has 0 amide bonds. The summed E-state index contributed by atoms with van der Waals surface area (Å²) < 4.78 is 0. The molecule has 6 rings (SSSR count). The highest BCUT2D eigenvalue weighted by atomic mass is 14.5. The van der Waals surface area contributed by atoms with Gasteiger partial charge in [-0.05, 0) is 85.5 Å². The van der Waals surface area contributed by atoms with Gasteiger partial charge in [-0.3, -0.25) is 0 Å². The third kappa shape index (κ3) is 8.71. The fraction of sp³-hybridized carbons (Fsp3) is 0.824. The maximum atomic E-state index is 2.31. The number of hydrogen-bond donors (Lipinski definition) is 0. The Kier molecular flexibility index (Phi) is 17.0. The third-order valence-electron chi connectivity index (χ3n) is 9.01. The Bertz CT molecular complexity index is 576. The average Bonchev–Trinajstić information content (AvgIpc) is 3.78. The summed E-state index contributed by atoms with van der Waals surface area (Å²) in [5.74, 6) is 7.66. The summed E-state index contributed by atoms with van der Waals surface area (Å²) in [7, 11) is 0. The molecule has 1 aromatic carbocycles. The van der Waals surface area contributed by atoms with Crippen LogP contribution in [0, 0.1) is 35.5 Å². The van der Waals surface area contributed by atoms with Gasteiger partial charge in [0.25, 0.3) is 0 Å². The Morgan fingerprint density at radius 3 is 1.47 bits per heavy atom. The summed E-state index contributed by atoms with van der Waals surface area (Å²) in [6.07, 6.45) is 20.1. The van der Waals surface area contributed by atoms with Crippen LogP contribution >= 0.6 is 0 Å². The van der Waals surface area contributed by atoms with Crippen LogP contribution in [-0.4, -0.2) is 0 Å². The molecule has 34 heavy (non-hydrogen) atoms. The molecule has 5 aliphatic carbocycles. The Balaban J connectivity index is 0.000000505. The molecule has 0 N–H and O–H groups in total. The van der Waals surface area contributed by atoms with Crippen molar-refractivity contribution in [2.75, 3.05) is 0 Å². The highest BCUT2D eigenvalue weighted by Crippen LogP contribution is 2.54. The molecule has 0 spiro atoms. The van der Waals surface area contributed by atoms with Crippen molar-refractivity contribution in [2.45, 2.75) is 145 Å². The topological polar surface area (TPSA) is 0 Å². The summed E-state index contributed by atoms with van der Waals surface area (Å²) in [5, 5.41) is 0. The van der Waals surface area contributed by atoms with Crippen LogP contribution in [0.25, 0.3) is 0 Å². The van der Waals surface area contributed by atoms with Crippen molar-refractivity contribution in [3.8, 4) is 0 Å². The zero-order valence-electron chi connectivity index (χ0n) is 24.6. The van der Waals surface area contributed by atoms with Crippen molar-refractivity contribution in [2.24, 2.45) is 35.5 Å². The molecule has 0 heteroatoms. The van der Waals surface area contributed by atoms with Gasteiger partial charge in [0.1, 0.15) is 0 Å². The van der Waals surface area contributed by atoms with Gasteiger partial charge in [-0.15, -0.1) is 0 Å². The maximum absolute atomic E-state index is 2.31. The molecule has 0 nitrogen and oxygen atoms in total. The van der Waals surface area contributed by atoms with Gasteiger partial charge < -0.3 is 0 Å². The van der Waals surface area contributed by atoms with Crippen molar-refractivity contribution < 1.29 is 1.43 Å². The van der Waals surface area contributed by atoms with E-state index in [1.165, 1.54) is 43.9 Å². The van der Waals surface area contributed by atoms with Crippen LogP contribution in [0.5, 0.6) is 0 Å². The van der Waals surface area contributed by atoms with E-state index in [1.807, 2.05) is 55.4 Å². The van der Waals surface area contributed by atoms with E-state index in [2.05, 4.69) is 30.3 Å². The molecule has 5 fully saturated rings. The first kappa shape index (κ1) is 31.3. The second kappa shape index (κ2) is 18.5. The van der Waals surface area contributed by atoms with Gasteiger partial charge in [0.15, 0.2) is 0 Å². The van der Waals surface area contributed by atoms with Crippen LogP contribution in [0.15, 0.2) is 30.3 Å². The van der Waals surface area contributed by atoms with Crippen LogP contribution in [0.3, 0.4) is 0 Å². The maximum Gasteiger partial charge on any atom is 0 e. The molecule has 1 aromatic rings. The molecule has 4 bridgehead atoms. The predicted molar refractivity (Wildman–Crippen MR) is 158 cm³/mol. The van der Waals surface area contributed by atoms with Crippen LogP contribution in [0.4, 0.5) is 0 Å². The SMILES string of the molecule is C1CCC(C2CC3CCC2C3)CC1.CC.CC.CC.CC.[HH].c1ccc(C2CC3CCC2C3)cc1.